The van der Waals surface area contributed by atoms with E-state index in [1.54, 1.807) is 0 Å². The molecule has 0 saturated carbocycles. The quantitative estimate of drug-likeness (QED) is 0.159. The molecule has 0 N–H and O–H groups in total. The molecule has 1 aliphatic rings. The summed E-state index contributed by atoms with van der Waals surface area (Å²) in [6, 6.07) is 58.6. The molecular weight excluding hydrogens is 643 g/mol. The molecule has 10 rings (SSSR count). The molecule has 0 bridgehead atoms. The third kappa shape index (κ3) is 4.96. The summed E-state index contributed by atoms with van der Waals surface area (Å²) in [6.07, 6.45) is 6.73. The molecule has 0 fully saturated rings. The number of nitrogens with zero attached hydrogens (tertiary/aromatic N) is 1. The molecule has 238 valence electrons. The van der Waals surface area contributed by atoms with E-state index in [0.29, 0.717) is 0 Å². The number of benzene rings is 7. The zero-order chi connectivity index (χ0) is 33.0. The van der Waals surface area contributed by atoms with Crippen molar-refractivity contribution in [3.8, 4) is 0 Å². The molecule has 50 heavy (non-hydrogen) atoms. The molecule has 2 heterocycles. The third-order valence-electron chi connectivity index (χ3n) is 10.2. The Morgan fingerprint density at radius 1 is 0.480 bits per heavy atom. The van der Waals surface area contributed by atoms with Gasteiger partial charge in [-0.05, 0) is 89.2 Å². The van der Waals surface area contributed by atoms with Crippen molar-refractivity contribution < 1.29 is 0 Å². The minimum Gasteiger partial charge on any atom is -0.310 e. The van der Waals surface area contributed by atoms with Gasteiger partial charge in [0.25, 0.3) is 0 Å². The van der Waals surface area contributed by atoms with Crippen LogP contribution in [0.1, 0.15) is 40.2 Å². The van der Waals surface area contributed by atoms with Crippen molar-refractivity contribution >= 4 is 86.2 Å². The molecule has 0 spiro atoms. The van der Waals surface area contributed by atoms with Crippen LogP contribution >= 0.6 is 22.7 Å². The van der Waals surface area contributed by atoms with Crippen LogP contribution in [0.5, 0.6) is 0 Å². The lowest BCUT2D eigenvalue weighted by Gasteiger charge is -2.27. The van der Waals surface area contributed by atoms with Gasteiger partial charge in [0.05, 0.1) is 0 Å². The second kappa shape index (κ2) is 12.1. The van der Waals surface area contributed by atoms with Crippen LogP contribution < -0.4 is 4.90 Å². The van der Waals surface area contributed by atoms with Gasteiger partial charge in [-0.15, -0.1) is 22.7 Å². The number of aryl methyl sites for hydroxylation is 1. The van der Waals surface area contributed by atoms with Crippen LogP contribution in [0.15, 0.2) is 164 Å². The number of fused-ring (bicyclic) bond motifs is 7. The van der Waals surface area contributed by atoms with Crippen LogP contribution in [0, 0.1) is 0 Å². The predicted molar refractivity (Wildman–Crippen MR) is 218 cm³/mol. The average Bonchev–Trinajstić information content (AvgIpc) is 3.74. The van der Waals surface area contributed by atoms with Crippen molar-refractivity contribution in [1.82, 2.24) is 0 Å². The number of allylic oxidation sites excluding steroid dienone is 1. The van der Waals surface area contributed by atoms with Gasteiger partial charge in [0.15, 0.2) is 0 Å². The predicted octanol–water partition coefficient (Wildman–Crippen LogP) is 14.0. The van der Waals surface area contributed by atoms with E-state index < -0.39 is 0 Å². The Balaban J connectivity index is 1.11. The zero-order valence-corrected chi connectivity index (χ0v) is 29.1. The zero-order valence-electron chi connectivity index (χ0n) is 27.4. The Kier molecular flexibility index (Phi) is 7.14. The van der Waals surface area contributed by atoms with Crippen molar-refractivity contribution in [3.63, 3.8) is 0 Å². The molecule has 0 radical (unpaired) electrons. The fraction of sp³-hybridized carbons (Fsp3) is 0.0638. The lowest BCUT2D eigenvalue weighted by Crippen LogP contribution is -2.10. The SMILES string of the molecule is C1=Cc2ccc(N(c3ccccc3)c3ccc4c(c3)sc3cc(C(c5ccccc5)c5cccc6c5sc5ccccc56)ccc34)cc2CC1. The van der Waals surface area contributed by atoms with Gasteiger partial charge in [-0.2, -0.15) is 0 Å². The van der Waals surface area contributed by atoms with E-state index in [1.165, 1.54) is 85.2 Å². The van der Waals surface area contributed by atoms with E-state index in [1.807, 2.05) is 22.7 Å². The van der Waals surface area contributed by atoms with E-state index in [-0.39, 0.29) is 5.92 Å². The molecule has 0 aliphatic heterocycles. The smallest absolute Gasteiger partial charge is 0.0476 e. The number of hydrogen-bond acceptors (Lipinski definition) is 3. The van der Waals surface area contributed by atoms with Crippen molar-refractivity contribution in [1.29, 1.82) is 0 Å². The molecule has 7 aromatic carbocycles. The van der Waals surface area contributed by atoms with E-state index in [2.05, 4.69) is 175 Å². The van der Waals surface area contributed by atoms with Gasteiger partial charge in [-0.25, -0.2) is 0 Å². The van der Waals surface area contributed by atoms with E-state index in [9.17, 15) is 0 Å². The second-order valence-electron chi connectivity index (χ2n) is 13.2. The Labute approximate surface area is 300 Å². The Hall–Kier alpha value is -5.48. The average molecular weight is 676 g/mol. The molecule has 9 aromatic rings. The molecule has 1 nitrogen and oxygen atoms in total. The first-order valence-electron chi connectivity index (χ1n) is 17.3. The summed E-state index contributed by atoms with van der Waals surface area (Å²) in [4.78, 5) is 2.41. The topological polar surface area (TPSA) is 3.24 Å². The van der Waals surface area contributed by atoms with E-state index in [4.69, 9.17) is 0 Å². The molecule has 1 aliphatic carbocycles. The van der Waals surface area contributed by atoms with Crippen molar-refractivity contribution in [2.24, 2.45) is 0 Å². The minimum atomic E-state index is 0.130. The highest BCUT2D eigenvalue weighted by atomic mass is 32.1. The molecule has 2 aromatic heterocycles. The van der Waals surface area contributed by atoms with Gasteiger partial charge >= 0.3 is 0 Å². The Morgan fingerprint density at radius 2 is 1.18 bits per heavy atom. The van der Waals surface area contributed by atoms with Gasteiger partial charge in [0.1, 0.15) is 0 Å². The van der Waals surface area contributed by atoms with Gasteiger partial charge in [0.2, 0.25) is 0 Å². The fourth-order valence-corrected chi connectivity index (χ4v) is 10.3. The van der Waals surface area contributed by atoms with E-state index in [0.717, 1.165) is 12.8 Å². The van der Waals surface area contributed by atoms with E-state index >= 15 is 0 Å². The molecule has 0 saturated heterocycles. The molecular formula is C47H33NS2. The highest BCUT2D eigenvalue weighted by Gasteiger charge is 2.22. The van der Waals surface area contributed by atoms with Crippen LogP contribution in [0.25, 0.3) is 46.4 Å². The maximum absolute atomic E-state index is 2.45. The van der Waals surface area contributed by atoms with Crippen LogP contribution in [0.2, 0.25) is 0 Å². The minimum absolute atomic E-state index is 0.130. The molecule has 3 heteroatoms. The number of rotatable bonds is 6. The normalized spacial score (nSPS) is 13.3. The van der Waals surface area contributed by atoms with Gasteiger partial charge in [0, 0.05) is 63.3 Å². The monoisotopic (exact) mass is 675 g/mol. The van der Waals surface area contributed by atoms with Crippen LogP contribution in [0.4, 0.5) is 17.1 Å². The summed E-state index contributed by atoms with van der Waals surface area (Å²) in [5.74, 6) is 0.130. The van der Waals surface area contributed by atoms with Crippen LogP contribution in [0.3, 0.4) is 0 Å². The van der Waals surface area contributed by atoms with Gasteiger partial charge in [-0.1, -0.05) is 121 Å². The van der Waals surface area contributed by atoms with Gasteiger partial charge < -0.3 is 4.90 Å². The third-order valence-corrected chi connectivity index (χ3v) is 12.6. The van der Waals surface area contributed by atoms with Crippen molar-refractivity contribution in [2.75, 3.05) is 4.90 Å². The Bertz CT molecular complexity index is 2720. The summed E-state index contributed by atoms with van der Waals surface area (Å²) >= 11 is 3.82. The highest BCUT2D eigenvalue weighted by molar-refractivity contribution is 7.26. The number of hydrogen-bond donors (Lipinski definition) is 0. The van der Waals surface area contributed by atoms with Crippen molar-refractivity contribution in [2.45, 2.75) is 18.8 Å². The second-order valence-corrected chi connectivity index (χ2v) is 15.3. The standard InChI is InChI=1S/C47H33NS2/c1-3-13-32(14-4-1)46(42-20-11-19-41-38-18-9-10-21-43(38)50-47(41)42)34-23-26-39-40-27-25-37(30-45(40)49-44(39)29-34)48(35-16-5-2-6-17-35)36-24-22-31-12-7-8-15-33(31)28-36/h1-7,9-14,16-30,46H,8,15H2. The molecule has 1 unspecified atom stereocenters. The Morgan fingerprint density at radius 3 is 2.06 bits per heavy atom. The lowest BCUT2D eigenvalue weighted by molar-refractivity contribution is 0.984. The molecule has 1 atom stereocenters. The first-order chi connectivity index (χ1) is 24.8. The first-order valence-corrected chi connectivity index (χ1v) is 19.0. The maximum atomic E-state index is 2.45. The highest BCUT2D eigenvalue weighted by Crippen LogP contribution is 2.45. The number of anilines is 3. The summed E-state index contributed by atoms with van der Waals surface area (Å²) < 4.78 is 5.35. The largest absolute Gasteiger partial charge is 0.310 e. The summed E-state index contributed by atoms with van der Waals surface area (Å²) in [7, 11) is 0. The summed E-state index contributed by atoms with van der Waals surface area (Å²) in [5, 5.41) is 5.32. The maximum Gasteiger partial charge on any atom is 0.0476 e. The summed E-state index contributed by atoms with van der Waals surface area (Å²) in [6.45, 7) is 0. The van der Waals surface area contributed by atoms with Crippen LogP contribution in [-0.2, 0) is 6.42 Å². The number of para-hydroxylation sites is 1. The van der Waals surface area contributed by atoms with Crippen LogP contribution in [-0.4, -0.2) is 0 Å². The first kappa shape index (κ1) is 29.4. The fourth-order valence-electron chi connectivity index (χ4n) is 7.88. The number of thiophene rings is 2. The van der Waals surface area contributed by atoms with Gasteiger partial charge in [-0.3, -0.25) is 0 Å². The molecule has 0 amide bonds. The van der Waals surface area contributed by atoms with Crippen molar-refractivity contribution in [3.05, 3.63) is 192 Å². The summed E-state index contributed by atoms with van der Waals surface area (Å²) in [5.41, 5.74) is 10.3. The lowest BCUT2D eigenvalue weighted by atomic mass is 9.84.